The molecule has 3 unspecified atom stereocenters. The third-order valence-electron chi connectivity index (χ3n) is 4.80. The molecule has 0 aromatic rings. The van der Waals surface area contributed by atoms with E-state index in [9.17, 15) is 19.8 Å². The molecule has 1 rings (SSSR count). The second-order valence-corrected chi connectivity index (χ2v) is 5.95. The van der Waals surface area contributed by atoms with Crippen LogP contribution in [0.25, 0.3) is 0 Å². The van der Waals surface area contributed by atoms with Gasteiger partial charge >= 0.3 is 5.97 Å². The van der Waals surface area contributed by atoms with Crippen LogP contribution in [0.15, 0.2) is 0 Å². The van der Waals surface area contributed by atoms with Gasteiger partial charge in [0, 0.05) is 6.54 Å². The smallest absolute Gasteiger partial charge is 0.307 e. The number of carbonyl (C=O) groups excluding carboxylic acids is 1. The summed E-state index contributed by atoms with van der Waals surface area (Å²) in [6.45, 7) is 5.96. The Bertz CT molecular complexity index is 352. The van der Waals surface area contributed by atoms with Crippen molar-refractivity contribution in [3.63, 3.8) is 0 Å². The second-order valence-electron chi connectivity index (χ2n) is 5.95. The van der Waals surface area contributed by atoms with Gasteiger partial charge < -0.3 is 15.5 Å². The number of carboxylic acid groups (broad SMARTS) is 1. The lowest BCUT2D eigenvalue weighted by molar-refractivity contribution is -0.146. The second kappa shape index (κ2) is 7.07. The number of aliphatic carboxylic acids is 1. The maximum absolute atomic E-state index is 12.2. The Morgan fingerprint density at radius 2 is 1.70 bits per heavy atom. The Kier molecular flexibility index (Phi) is 5.99. The Hall–Kier alpha value is -1.10. The largest absolute Gasteiger partial charge is 0.481 e. The Labute approximate surface area is 120 Å². The van der Waals surface area contributed by atoms with Crippen LogP contribution in [0.2, 0.25) is 0 Å². The fourth-order valence-electron chi connectivity index (χ4n) is 2.92. The highest BCUT2D eigenvalue weighted by atomic mass is 16.4. The Morgan fingerprint density at radius 3 is 2.15 bits per heavy atom. The molecule has 1 saturated carbocycles. The van der Waals surface area contributed by atoms with E-state index in [0.29, 0.717) is 31.6 Å². The number of rotatable bonds is 7. The maximum Gasteiger partial charge on any atom is 0.307 e. The molecule has 1 aliphatic carbocycles. The third kappa shape index (κ3) is 3.95. The monoisotopic (exact) mass is 285 g/mol. The molecular weight excluding hydrogens is 258 g/mol. The van der Waals surface area contributed by atoms with Crippen molar-refractivity contribution in [1.29, 1.82) is 0 Å². The Balaban J connectivity index is 2.63. The van der Waals surface area contributed by atoms with Crippen molar-refractivity contribution >= 4 is 11.9 Å². The molecule has 3 N–H and O–H groups in total. The van der Waals surface area contributed by atoms with Crippen LogP contribution in [-0.4, -0.2) is 34.2 Å². The van der Waals surface area contributed by atoms with E-state index in [0.717, 1.165) is 6.42 Å². The van der Waals surface area contributed by atoms with Crippen molar-refractivity contribution in [3.8, 4) is 0 Å². The molecule has 5 nitrogen and oxygen atoms in total. The minimum Gasteiger partial charge on any atom is -0.481 e. The van der Waals surface area contributed by atoms with Crippen molar-refractivity contribution in [2.45, 2.75) is 58.5 Å². The van der Waals surface area contributed by atoms with Gasteiger partial charge in [-0.05, 0) is 31.6 Å². The normalized spacial score (nSPS) is 26.5. The number of carboxylic acids is 1. The van der Waals surface area contributed by atoms with Gasteiger partial charge in [0.2, 0.25) is 5.91 Å². The highest BCUT2D eigenvalue weighted by Crippen LogP contribution is 2.38. The molecule has 116 valence electrons. The maximum atomic E-state index is 12.2. The predicted molar refractivity (Wildman–Crippen MR) is 76.2 cm³/mol. The molecule has 0 spiro atoms. The summed E-state index contributed by atoms with van der Waals surface area (Å²) in [5.41, 5.74) is -0.892. The topological polar surface area (TPSA) is 86.6 Å². The third-order valence-corrected chi connectivity index (χ3v) is 4.80. The van der Waals surface area contributed by atoms with Gasteiger partial charge in [-0.1, -0.05) is 27.2 Å². The van der Waals surface area contributed by atoms with E-state index in [1.807, 2.05) is 20.8 Å². The number of hydrogen-bond donors (Lipinski definition) is 3. The first-order valence-electron chi connectivity index (χ1n) is 7.59. The van der Waals surface area contributed by atoms with E-state index in [4.69, 9.17) is 0 Å². The summed E-state index contributed by atoms with van der Waals surface area (Å²) in [6, 6.07) is 0. The van der Waals surface area contributed by atoms with Gasteiger partial charge in [0.25, 0.3) is 0 Å². The zero-order chi connectivity index (χ0) is 15.3. The van der Waals surface area contributed by atoms with Crippen LogP contribution in [0, 0.1) is 17.8 Å². The Morgan fingerprint density at radius 1 is 1.15 bits per heavy atom. The number of aliphatic hydroxyl groups is 1. The molecule has 0 heterocycles. The standard InChI is InChI=1S/C15H27NO4/c1-4-10-7-11(12(8-10)14(18)19)13(17)16-9-15(20,5-2)6-3/h10-12,20H,4-9H2,1-3H3,(H,16,17)(H,18,19). The minimum atomic E-state index is -0.892. The molecule has 0 aliphatic heterocycles. The number of hydrogen-bond acceptors (Lipinski definition) is 3. The van der Waals surface area contributed by atoms with Crippen LogP contribution in [0.5, 0.6) is 0 Å². The molecular formula is C15H27NO4. The van der Waals surface area contributed by atoms with Gasteiger partial charge in [0.05, 0.1) is 17.4 Å². The molecule has 1 fully saturated rings. The number of carbonyl (C=O) groups is 2. The van der Waals surface area contributed by atoms with E-state index in [1.54, 1.807) is 0 Å². The van der Waals surface area contributed by atoms with Crippen molar-refractivity contribution < 1.29 is 19.8 Å². The van der Waals surface area contributed by atoms with Crippen LogP contribution in [0.1, 0.15) is 52.9 Å². The lowest BCUT2D eigenvalue weighted by atomic mass is 9.93. The van der Waals surface area contributed by atoms with E-state index < -0.39 is 23.4 Å². The van der Waals surface area contributed by atoms with Gasteiger partial charge in [-0.2, -0.15) is 0 Å². The first kappa shape index (κ1) is 17.0. The van der Waals surface area contributed by atoms with Gasteiger partial charge in [-0.3, -0.25) is 9.59 Å². The number of amides is 1. The fourth-order valence-corrected chi connectivity index (χ4v) is 2.92. The highest BCUT2D eigenvalue weighted by molar-refractivity contribution is 5.85. The van der Waals surface area contributed by atoms with Crippen molar-refractivity contribution in [3.05, 3.63) is 0 Å². The predicted octanol–water partition coefficient (Wildman–Crippen LogP) is 1.79. The van der Waals surface area contributed by atoms with Crippen molar-refractivity contribution in [2.75, 3.05) is 6.54 Å². The zero-order valence-electron chi connectivity index (χ0n) is 12.7. The zero-order valence-corrected chi connectivity index (χ0v) is 12.7. The summed E-state index contributed by atoms with van der Waals surface area (Å²) >= 11 is 0. The van der Waals surface area contributed by atoms with E-state index >= 15 is 0 Å². The van der Waals surface area contributed by atoms with Crippen LogP contribution < -0.4 is 5.32 Å². The van der Waals surface area contributed by atoms with Gasteiger partial charge in [-0.15, -0.1) is 0 Å². The molecule has 1 amide bonds. The van der Waals surface area contributed by atoms with Gasteiger partial charge in [0.1, 0.15) is 0 Å². The lowest BCUT2D eigenvalue weighted by Gasteiger charge is -2.26. The van der Waals surface area contributed by atoms with Gasteiger partial charge in [-0.25, -0.2) is 0 Å². The first-order chi connectivity index (χ1) is 9.36. The number of nitrogens with one attached hydrogen (secondary N) is 1. The summed E-state index contributed by atoms with van der Waals surface area (Å²) in [6.07, 6.45) is 3.25. The summed E-state index contributed by atoms with van der Waals surface area (Å²) in [7, 11) is 0. The van der Waals surface area contributed by atoms with Crippen molar-refractivity contribution in [2.24, 2.45) is 17.8 Å². The van der Waals surface area contributed by atoms with Crippen LogP contribution in [0.3, 0.4) is 0 Å². The molecule has 0 radical (unpaired) electrons. The molecule has 20 heavy (non-hydrogen) atoms. The fraction of sp³-hybridized carbons (Fsp3) is 0.867. The minimum absolute atomic E-state index is 0.193. The van der Waals surface area contributed by atoms with Crippen LogP contribution in [-0.2, 0) is 9.59 Å². The summed E-state index contributed by atoms with van der Waals surface area (Å²) in [5, 5.41) is 22.1. The molecule has 1 aliphatic rings. The molecule has 3 atom stereocenters. The van der Waals surface area contributed by atoms with E-state index in [1.165, 1.54) is 0 Å². The average Bonchev–Trinajstić information content (AvgIpc) is 2.89. The van der Waals surface area contributed by atoms with Crippen LogP contribution >= 0.6 is 0 Å². The quantitative estimate of drug-likeness (QED) is 0.665. The van der Waals surface area contributed by atoms with E-state index in [-0.39, 0.29) is 12.5 Å². The molecule has 0 aromatic carbocycles. The molecule has 0 bridgehead atoms. The summed E-state index contributed by atoms with van der Waals surface area (Å²) in [4.78, 5) is 23.5. The molecule has 0 aromatic heterocycles. The van der Waals surface area contributed by atoms with Crippen LogP contribution in [0.4, 0.5) is 0 Å². The summed E-state index contributed by atoms with van der Waals surface area (Å²) < 4.78 is 0. The van der Waals surface area contributed by atoms with Gasteiger partial charge in [0.15, 0.2) is 0 Å². The highest BCUT2D eigenvalue weighted by Gasteiger charge is 2.42. The molecule has 5 heteroatoms. The SMILES string of the molecule is CCC1CC(C(=O)O)C(C(=O)NCC(O)(CC)CC)C1. The van der Waals surface area contributed by atoms with Crippen molar-refractivity contribution in [1.82, 2.24) is 5.32 Å². The summed E-state index contributed by atoms with van der Waals surface area (Å²) in [5.74, 6) is -1.86. The lowest BCUT2D eigenvalue weighted by Crippen LogP contribution is -2.45. The first-order valence-corrected chi connectivity index (χ1v) is 7.59. The van der Waals surface area contributed by atoms with E-state index in [2.05, 4.69) is 5.32 Å². The molecule has 0 saturated heterocycles. The average molecular weight is 285 g/mol.